The molecule has 4 aromatic carbocycles. The van der Waals surface area contributed by atoms with Gasteiger partial charge in [0.1, 0.15) is 18.1 Å². The second-order valence-electron chi connectivity index (χ2n) is 10.4. The van der Waals surface area contributed by atoms with Gasteiger partial charge < -0.3 is 14.8 Å². The monoisotopic (exact) mass is 679 g/mol. The summed E-state index contributed by atoms with van der Waals surface area (Å²) in [7, 11) is 0. The third-order valence-corrected chi connectivity index (χ3v) is 8.79. The molecule has 0 spiro atoms. The van der Waals surface area contributed by atoms with Crippen LogP contribution in [0.2, 0.25) is 0 Å². The molecule has 2 heterocycles. The van der Waals surface area contributed by atoms with E-state index in [2.05, 4.69) is 21.2 Å². The number of ether oxygens (including phenoxy) is 2. The maximum absolute atomic E-state index is 14.1. The quantitative estimate of drug-likeness (QED) is 0.190. The van der Waals surface area contributed by atoms with Gasteiger partial charge in [-0.25, -0.2) is 4.99 Å². The minimum Gasteiger partial charge on any atom is -0.494 e. The molecule has 226 valence electrons. The van der Waals surface area contributed by atoms with Crippen molar-refractivity contribution >= 4 is 44.9 Å². The van der Waals surface area contributed by atoms with Crippen LogP contribution >= 0.6 is 27.3 Å². The van der Waals surface area contributed by atoms with E-state index in [0.29, 0.717) is 51.0 Å². The smallest absolute Gasteiger partial charge is 0.271 e. The zero-order valence-electron chi connectivity index (χ0n) is 24.7. The van der Waals surface area contributed by atoms with Crippen LogP contribution < -0.4 is 29.7 Å². The summed E-state index contributed by atoms with van der Waals surface area (Å²) in [6.07, 6.45) is 1.84. The van der Waals surface area contributed by atoms with Gasteiger partial charge in [0.2, 0.25) is 0 Å². The highest BCUT2D eigenvalue weighted by molar-refractivity contribution is 9.10. The number of nitrogens with zero attached hydrogens (tertiary/aromatic N) is 2. The summed E-state index contributed by atoms with van der Waals surface area (Å²) >= 11 is 4.75. The lowest BCUT2D eigenvalue weighted by Crippen LogP contribution is -2.40. The highest BCUT2D eigenvalue weighted by atomic mass is 79.9. The number of carbonyl (C=O) groups excluding carboxylic acids is 1. The fraction of sp³-hybridized carbons (Fsp3) is 0.139. The molecule has 0 saturated heterocycles. The van der Waals surface area contributed by atoms with E-state index in [4.69, 9.17) is 14.5 Å². The molecule has 0 aliphatic carbocycles. The number of hydrogen-bond donors (Lipinski definition) is 1. The molecule has 0 fully saturated rings. The first-order valence-corrected chi connectivity index (χ1v) is 16.1. The number of para-hydroxylation sites is 1. The molecule has 5 aromatic rings. The Morgan fingerprint density at radius 3 is 2.44 bits per heavy atom. The maximum atomic E-state index is 14.1. The van der Waals surface area contributed by atoms with Crippen LogP contribution in [0.4, 0.5) is 5.69 Å². The van der Waals surface area contributed by atoms with Crippen LogP contribution in [0.1, 0.15) is 36.6 Å². The Kier molecular flexibility index (Phi) is 9.09. The molecule has 0 saturated carbocycles. The lowest BCUT2D eigenvalue weighted by molar-refractivity contribution is -0.113. The van der Waals surface area contributed by atoms with Crippen molar-refractivity contribution in [3.8, 4) is 11.5 Å². The fourth-order valence-electron chi connectivity index (χ4n) is 5.15. The number of halogens is 1. The van der Waals surface area contributed by atoms with Gasteiger partial charge in [-0.15, -0.1) is 0 Å². The molecule has 1 aromatic heterocycles. The van der Waals surface area contributed by atoms with Gasteiger partial charge in [-0.3, -0.25) is 14.2 Å². The number of anilines is 1. The number of nitrogens with one attached hydrogen (secondary N) is 1. The molecule has 7 nitrogen and oxygen atoms in total. The predicted molar refractivity (Wildman–Crippen MR) is 181 cm³/mol. The van der Waals surface area contributed by atoms with Gasteiger partial charge in [-0.05, 0) is 85.1 Å². The molecule has 1 N–H and O–H groups in total. The van der Waals surface area contributed by atoms with Crippen molar-refractivity contribution in [1.29, 1.82) is 0 Å². The molecular weight excluding hydrogens is 650 g/mol. The van der Waals surface area contributed by atoms with Crippen LogP contribution in [0.5, 0.6) is 11.5 Å². The van der Waals surface area contributed by atoms with Crippen LogP contribution in [0.3, 0.4) is 0 Å². The van der Waals surface area contributed by atoms with Gasteiger partial charge >= 0.3 is 0 Å². The molecule has 6 rings (SSSR count). The van der Waals surface area contributed by atoms with E-state index in [-0.39, 0.29) is 11.5 Å². The first kappa shape index (κ1) is 30.3. The van der Waals surface area contributed by atoms with Crippen molar-refractivity contribution in [2.45, 2.75) is 26.5 Å². The molecule has 9 heteroatoms. The fourth-order valence-corrected chi connectivity index (χ4v) is 6.46. The Hall–Kier alpha value is -4.73. The Balaban J connectivity index is 1.37. The lowest BCUT2D eigenvalue weighted by Gasteiger charge is -2.25. The summed E-state index contributed by atoms with van der Waals surface area (Å²) in [5.41, 5.74) is 4.05. The van der Waals surface area contributed by atoms with E-state index in [1.165, 1.54) is 11.3 Å². The van der Waals surface area contributed by atoms with Crippen LogP contribution in [0.25, 0.3) is 6.08 Å². The van der Waals surface area contributed by atoms with Gasteiger partial charge in [0.15, 0.2) is 4.80 Å². The van der Waals surface area contributed by atoms with Gasteiger partial charge in [-0.1, -0.05) is 81.9 Å². The third-order valence-electron chi connectivity index (χ3n) is 7.28. The molecule has 1 aliphatic rings. The second-order valence-corrected chi connectivity index (χ2v) is 12.3. The van der Waals surface area contributed by atoms with Crippen LogP contribution in [-0.2, 0) is 11.4 Å². The number of fused-ring (bicyclic) bond motifs is 1. The number of carbonyl (C=O) groups is 1. The van der Waals surface area contributed by atoms with E-state index in [0.717, 1.165) is 21.2 Å². The molecule has 0 bridgehead atoms. The number of aromatic nitrogens is 1. The number of hydrogen-bond acceptors (Lipinski definition) is 6. The first-order valence-electron chi connectivity index (χ1n) is 14.5. The highest BCUT2D eigenvalue weighted by Gasteiger charge is 2.32. The van der Waals surface area contributed by atoms with Crippen molar-refractivity contribution in [2.75, 3.05) is 11.9 Å². The largest absolute Gasteiger partial charge is 0.494 e. The van der Waals surface area contributed by atoms with E-state index in [1.54, 1.807) is 4.57 Å². The summed E-state index contributed by atoms with van der Waals surface area (Å²) in [5, 5.41) is 2.99. The molecule has 0 unspecified atom stereocenters. The maximum Gasteiger partial charge on any atom is 0.271 e. The van der Waals surface area contributed by atoms with E-state index in [1.807, 2.05) is 123 Å². The molecule has 45 heavy (non-hydrogen) atoms. The average molecular weight is 681 g/mol. The molecule has 1 atom stereocenters. The average Bonchev–Trinajstić information content (AvgIpc) is 3.35. The van der Waals surface area contributed by atoms with Crippen LogP contribution in [0, 0.1) is 0 Å². The van der Waals surface area contributed by atoms with Crippen molar-refractivity contribution in [3.05, 3.63) is 155 Å². The number of amides is 1. The van der Waals surface area contributed by atoms with Crippen molar-refractivity contribution < 1.29 is 14.3 Å². The lowest BCUT2D eigenvalue weighted by atomic mass is 9.95. The van der Waals surface area contributed by atoms with E-state index >= 15 is 0 Å². The zero-order chi connectivity index (χ0) is 31.3. The minimum atomic E-state index is -0.677. The highest BCUT2D eigenvalue weighted by Crippen LogP contribution is 2.32. The van der Waals surface area contributed by atoms with Crippen LogP contribution in [0.15, 0.2) is 129 Å². The first-order chi connectivity index (χ1) is 21.9. The topological polar surface area (TPSA) is 81.9 Å². The Morgan fingerprint density at radius 2 is 1.71 bits per heavy atom. The zero-order valence-corrected chi connectivity index (χ0v) is 27.1. The second kappa shape index (κ2) is 13.5. The molecular formula is C36H30BrN3O4S. The molecule has 1 aliphatic heterocycles. The molecule has 1 amide bonds. The van der Waals surface area contributed by atoms with Crippen molar-refractivity contribution in [1.82, 2.24) is 4.57 Å². The summed E-state index contributed by atoms with van der Waals surface area (Å²) in [6.45, 7) is 4.70. The summed E-state index contributed by atoms with van der Waals surface area (Å²) < 4.78 is 14.8. The minimum absolute atomic E-state index is 0.226. The van der Waals surface area contributed by atoms with E-state index in [9.17, 15) is 9.59 Å². The van der Waals surface area contributed by atoms with Gasteiger partial charge in [0, 0.05) is 10.2 Å². The number of benzene rings is 4. The van der Waals surface area contributed by atoms with Gasteiger partial charge in [0.25, 0.3) is 11.5 Å². The van der Waals surface area contributed by atoms with Crippen LogP contribution in [-0.4, -0.2) is 17.1 Å². The number of thiazole rings is 1. The van der Waals surface area contributed by atoms with Crippen molar-refractivity contribution in [2.24, 2.45) is 4.99 Å². The van der Waals surface area contributed by atoms with Gasteiger partial charge in [-0.2, -0.15) is 0 Å². The SMILES string of the molecule is CCOc1ccc([C@H]2C(C(=O)Nc3ccccc3)=C(C)N=c3s/c(=C\c4cccc(OCc5ccc(Br)cc5)c4)c(=O)n32)cc1. The van der Waals surface area contributed by atoms with E-state index < -0.39 is 6.04 Å². The normalized spacial score (nSPS) is 14.5. The Labute approximate surface area is 272 Å². The molecule has 0 radical (unpaired) electrons. The third kappa shape index (κ3) is 6.84. The summed E-state index contributed by atoms with van der Waals surface area (Å²) in [5.74, 6) is 1.10. The van der Waals surface area contributed by atoms with Crippen molar-refractivity contribution in [3.63, 3.8) is 0 Å². The number of allylic oxidation sites excluding steroid dienone is 1. The summed E-state index contributed by atoms with van der Waals surface area (Å²) in [4.78, 5) is 33.2. The summed E-state index contributed by atoms with van der Waals surface area (Å²) in [6, 6.07) is 31.7. The Bertz CT molecular complexity index is 2050. The number of rotatable bonds is 9. The standard InChI is InChI=1S/C36H30BrN3O4S/c1-3-43-29-18-14-26(15-19-29)33-32(34(41)39-28-9-5-4-6-10-28)23(2)38-36-40(33)35(42)31(45-36)21-25-8-7-11-30(20-25)44-22-24-12-16-27(37)17-13-24/h4-21,33H,3,22H2,1-2H3,(H,39,41)/b31-21-/t33-/m0/s1. The Morgan fingerprint density at radius 1 is 0.956 bits per heavy atom. The predicted octanol–water partition coefficient (Wildman–Crippen LogP) is 6.61. The van der Waals surface area contributed by atoms with Gasteiger partial charge in [0.05, 0.1) is 28.5 Å².